The van der Waals surface area contributed by atoms with Gasteiger partial charge in [0.15, 0.2) is 5.69 Å². The normalized spacial score (nSPS) is 11.6. The van der Waals surface area contributed by atoms with Gasteiger partial charge in [-0.1, -0.05) is 39.8 Å². The van der Waals surface area contributed by atoms with Crippen LogP contribution in [0.25, 0.3) is 11.0 Å². The molecule has 0 unspecified atom stereocenters. The molecule has 0 aliphatic rings. The summed E-state index contributed by atoms with van der Waals surface area (Å²) in [6.07, 6.45) is 1.64. The van der Waals surface area contributed by atoms with Crippen LogP contribution in [-0.4, -0.2) is 22.0 Å². The van der Waals surface area contributed by atoms with Crippen LogP contribution < -0.4 is 21.9 Å². The summed E-state index contributed by atoms with van der Waals surface area (Å²) in [5.41, 5.74) is 8.70. The molecule has 0 saturated heterocycles. The van der Waals surface area contributed by atoms with E-state index in [1.54, 1.807) is 6.26 Å². The smallest absolute Gasteiger partial charge is 0.330 e. The summed E-state index contributed by atoms with van der Waals surface area (Å²) in [6, 6.07) is 3.94. The fraction of sp³-hybridized carbons (Fsp3) is 0.458. The zero-order chi connectivity index (χ0) is 23.7. The van der Waals surface area contributed by atoms with E-state index in [-0.39, 0.29) is 35.7 Å². The number of aryl methyl sites for hydroxylation is 2. The third-order valence-corrected chi connectivity index (χ3v) is 5.56. The molecule has 3 rings (SSSR count). The zero-order valence-electron chi connectivity index (χ0n) is 19.6. The van der Waals surface area contributed by atoms with Gasteiger partial charge in [0.05, 0.1) is 12.7 Å². The number of nitrogen functional groups attached to an aromatic ring is 1. The lowest BCUT2D eigenvalue weighted by atomic mass is 10.0. The number of carbonyl (C=O) groups excluding carboxylic acids is 1. The molecule has 0 radical (unpaired) electrons. The summed E-state index contributed by atoms with van der Waals surface area (Å²) < 4.78 is 7.07. The average molecular weight is 441 g/mol. The second kappa shape index (κ2) is 9.06. The highest BCUT2D eigenvalue weighted by atomic mass is 16.3. The number of H-pyrrole nitrogens is 1. The van der Waals surface area contributed by atoms with Crippen LogP contribution >= 0.6 is 0 Å². The highest BCUT2D eigenvalue weighted by Gasteiger charge is 2.26. The second-order valence-corrected chi connectivity index (χ2v) is 9.22. The Hall–Kier alpha value is -3.29. The van der Waals surface area contributed by atoms with Crippen LogP contribution in [0.5, 0.6) is 0 Å². The van der Waals surface area contributed by atoms with Gasteiger partial charge in [0, 0.05) is 24.0 Å². The quantitative estimate of drug-likeness (QED) is 0.585. The van der Waals surface area contributed by atoms with Crippen LogP contribution in [0.4, 0.5) is 11.5 Å². The topological polar surface area (TPSA) is 114 Å². The molecule has 0 fully saturated rings. The molecule has 0 bridgehead atoms. The van der Waals surface area contributed by atoms with Gasteiger partial charge in [0.2, 0.25) is 5.91 Å². The van der Waals surface area contributed by atoms with Crippen molar-refractivity contribution in [2.24, 2.45) is 11.8 Å². The molecule has 32 heavy (non-hydrogen) atoms. The minimum atomic E-state index is -0.662. The number of carbonyl (C=O) groups is 1. The molecule has 8 nitrogen and oxygen atoms in total. The number of furan rings is 1. The second-order valence-electron chi connectivity index (χ2n) is 9.22. The number of nitrogens with one attached hydrogen (secondary N) is 1. The molecule has 1 aromatic carbocycles. The summed E-state index contributed by atoms with van der Waals surface area (Å²) in [7, 11) is 0. The SMILES string of the molecule is Cc1ccc2c(CC(=O)N(CC(C)C)c3c(N)n(CC(C)C)c(=O)[nH]c3=O)coc2c1C. The number of hydrogen-bond acceptors (Lipinski definition) is 5. The van der Waals surface area contributed by atoms with E-state index in [4.69, 9.17) is 10.2 Å². The van der Waals surface area contributed by atoms with E-state index in [1.165, 1.54) is 9.47 Å². The maximum atomic E-state index is 13.5. The molecule has 3 aromatic rings. The van der Waals surface area contributed by atoms with Gasteiger partial charge in [-0.3, -0.25) is 19.1 Å². The molecule has 2 aromatic heterocycles. The van der Waals surface area contributed by atoms with Crippen LogP contribution in [-0.2, 0) is 17.8 Å². The molecule has 0 spiro atoms. The molecular formula is C24H32N4O4. The van der Waals surface area contributed by atoms with Crippen LogP contribution in [0.3, 0.4) is 0 Å². The Morgan fingerprint density at radius 1 is 1.16 bits per heavy atom. The van der Waals surface area contributed by atoms with Gasteiger partial charge in [-0.25, -0.2) is 4.79 Å². The third-order valence-electron chi connectivity index (χ3n) is 5.56. The van der Waals surface area contributed by atoms with E-state index < -0.39 is 11.2 Å². The number of hydrogen-bond donors (Lipinski definition) is 2. The molecule has 3 N–H and O–H groups in total. The summed E-state index contributed by atoms with van der Waals surface area (Å²) >= 11 is 0. The van der Waals surface area contributed by atoms with E-state index in [9.17, 15) is 14.4 Å². The van der Waals surface area contributed by atoms with Crippen LogP contribution in [0.2, 0.25) is 0 Å². The Morgan fingerprint density at radius 3 is 2.47 bits per heavy atom. The van der Waals surface area contributed by atoms with Gasteiger partial charge < -0.3 is 15.1 Å². The van der Waals surface area contributed by atoms with Gasteiger partial charge in [-0.05, 0) is 36.8 Å². The number of aromatic nitrogens is 2. The van der Waals surface area contributed by atoms with Gasteiger partial charge >= 0.3 is 5.69 Å². The van der Waals surface area contributed by atoms with Crippen molar-refractivity contribution in [2.45, 2.75) is 54.5 Å². The highest BCUT2D eigenvalue weighted by Crippen LogP contribution is 2.28. The van der Waals surface area contributed by atoms with Gasteiger partial charge in [0.25, 0.3) is 5.56 Å². The summed E-state index contributed by atoms with van der Waals surface area (Å²) in [5, 5.41) is 0.873. The van der Waals surface area contributed by atoms with Gasteiger partial charge in [-0.15, -0.1) is 0 Å². The summed E-state index contributed by atoms with van der Waals surface area (Å²) in [5.74, 6) is -0.0715. The minimum Gasteiger partial charge on any atom is -0.464 e. The number of amides is 1. The van der Waals surface area contributed by atoms with Crippen LogP contribution in [0.1, 0.15) is 44.4 Å². The van der Waals surface area contributed by atoms with Crippen molar-refractivity contribution in [3.05, 3.63) is 55.9 Å². The average Bonchev–Trinajstić information content (AvgIpc) is 3.10. The Morgan fingerprint density at radius 2 is 1.84 bits per heavy atom. The highest BCUT2D eigenvalue weighted by molar-refractivity contribution is 5.99. The fourth-order valence-electron chi connectivity index (χ4n) is 3.85. The molecule has 0 saturated carbocycles. The van der Waals surface area contributed by atoms with Gasteiger partial charge in [0.1, 0.15) is 11.4 Å². The molecule has 0 atom stereocenters. The minimum absolute atomic E-state index is 0.00460. The lowest BCUT2D eigenvalue weighted by Gasteiger charge is -2.26. The van der Waals surface area contributed by atoms with E-state index >= 15 is 0 Å². The number of fused-ring (bicyclic) bond motifs is 1. The number of benzene rings is 1. The van der Waals surface area contributed by atoms with Gasteiger partial charge in [-0.2, -0.15) is 0 Å². The van der Waals surface area contributed by atoms with Crippen molar-refractivity contribution in [3.8, 4) is 0 Å². The van der Waals surface area contributed by atoms with Crippen LogP contribution in [0, 0.1) is 25.7 Å². The molecule has 8 heteroatoms. The van der Waals surface area contributed by atoms with Crippen molar-refractivity contribution in [3.63, 3.8) is 0 Å². The predicted molar refractivity (Wildman–Crippen MR) is 127 cm³/mol. The van der Waals surface area contributed by atoms with E-state index in [2.05, 4.69) is 4.98 Å². The monoisotopic (exact) mass is 440 g/mol. The Kier molecular flexibility index (Phi) is 6.62. The predicted octanol–water partition coefficient (Wildman–Crippen LogP) is 3.37. The molecular weight excluding hydrogens is 408 g/mol. The van der Waals surface area contributed by atoms with Crippen molar-refractivity contribution in [2.75, 3.05) is 17.2 Å². The van der Waals surface area contributed by atoms with Crippen molar-refractivity contribution in [1.29, 1.82) is 0 Å². The number of anilines is 2. The lowest BCUT2D eigenvalue weighted by molar-refractivity contribution is -0.118. The third kappa shape index (κ3) is 4.49. The first-order valence-corrected chi connectivity index (χ1v) is 10.9. The Bertz CT molecular complexity index is 1260. The summed E-state index contributed by atoms with van der Waals surface area (Å²) in [4.78, 5) is 42.3. The number of nitrogens with two attached hydrogens (primary N) is 1. The maximum Gasteiger partial charge on any atom is 0.330 e. The Labute approximate surface area is 187 Å². The lowest BCUT2D eigenvalue weighted by Crippen LogP contribution is -2.43. The largest absolute Gasteiger partial charge is 0.464 e. The molecule has 0 aliphatic heterocycles. The summed E-state index contributed by atoms with van der Waals surface area (Å²) in [6.45, 7) is 12.4. The van der Waals surface area contributed by atoms with Crippen molar-refractivity contribution < 1.29 is 9.21 Å². The van der Waals surface area contributed by atoms with Crippen LogP contribution in [0.15, 0.2) is 32.4 Å². The molecule has 0 aliphatic carbocycles. The zero-order valence-corrected chi connectivity index (χ0v) is 19.6. The van der Waals surface area contributed by atoms with E-state index in [0.717, 1.165) is 27.7 Å². The first-order valence-electron chi connectivity index (χ1n) is 10.9. The first-order chi connectivity index (χ1) is 15.0. The maximum absolute atomic E-state index is 13.5. The number of rotatable bonds is 7. The number of aromatic amines is 1. The molecule has 1 amide bonds. The van der Waals surface area contributed by atoms with E-state index in [0.29, 0.717) is 13.1 Å². The fourth-order valence-corrected chi connectivity index (χ4v) is 3.85. The van der Waals surface area contributed by atoms with Crippen molar-refractivity contribution in [1.82, 2.24) is 9.55 Å². The molecule has 172 valence electrons. The first kappa shape index (κ1) is 23.4. The Balaban J connectivity index is 2.06. The standard InChI is InChI=1S/C24H32N4O4/c1-13(2)10-27(20-22(25)28(11-14(3)4)24(31)26-23(20)30)19(29)9-17-12-32-21-16(6)15(5)7-8-18(17)21/h7-8,12-14H,9-11,25H2,1-6H3,(H,26,30,31). The van der Waals surface area contributed by atoms with Crippen molar-refractivity contribution >= 4 is 28.4 Å². The molecule has 2 heterocycles. The number of nitrogens with zero attached hydrogens (tertiary/aromatic N) is 2. The van der Waals surface area contributed by atoms with E-state index in [1.807, 2.05) is 53.7 Å².